The zero-order valence-corrected chi connectivity index (χ0v) is 12.3. The average molecular weight is 313 g/mol. The molecule has 0 saturated heterocycles. The average Bonchev–Trinajstić information content (AvgIpc) is 2.45. The van der Waals surface area contributed by atoms with E-state index in [0.29, 0.717) is 0 Å². The van der Waals surface area contributed by atoms with E-state index in [1.54, 1.807) is 0 Å². The number of aryl methyl sites for hydroxylation is 2. The number of aromatic nitrogens is 1. The van der Waals surface area contributed by atoms with E-state index in [1.165, 1.54) is 5.56 Å². The predicted molar refractivity (Wildman–Crippen MR) is 77.9 cm³/mol. The first-order valence-electron chi connectivity index (χ1n) is 6.64. The zero-order chi connectivity index (χ0) is 16.6. The monoisotopic (exact) mass is 313 g/mol. The predicted octanol–water partition coefficient (Wildman–Crippen LogP) is 5.02. The van der Waals surface area contributed by atoms with Crippen molar-refractivity contribution < 1.29 is 21.8 Å². The quantitative estimate of drug-likeness (QED) is 0.329. The van der Waals surface area contributed by atoms with E-state index in [9.17, 15) is 17.3 Å². The third kappa shape index (κ3) is 7.51. The Morgan fingerprint density at radius 3 is 2.09 bits per heavy atom. The molecule has 1 heterocycles. The fourth-order valence-corrected chi connectivity index (χ4v) is 1.55. The topological polar surface area (TPSA) is 28.6 Å². The van der Waals surface area contributed by atoms with Gasteiger partial charge in [0.25, 0.3) is 0 Å². The van der Waals surface area contributed by atoms with E-state index >= 15 is 0 Å². The molecule has 118 valence electrons. The summed E-state index contributed by atoms with van der Waals surface area (Å²) in [7, 11) is -6.00. The van der Waals surface area contributed by atoms with Crippen LogP contribution in [0.1, 0.15) is 12.5 Å². The summed E-state index contributed by atoms with van der Waals surface area (Å²) in [5, 5.41) is 8.50. The molecule has 8 heteroatoms. The molecule has 0 saturated carbocycles. The number of nitrogens with zero attached hydrogens (tertiary/aromatic N) is 3. The molecular weight excluding hydrogens is 297 g/mol. The molecule has 0 aliphatic carbocycles. The van der Waals surface area contributed by atoms with Gasteiger partial charge in [0, 0.05) is 6.07 Å². The van der Waals surface area contributed by atoms with Crippen LogP contribution in [-0.4, -0.2) is 7.25 Å². The Labute approximate surface area is 126 Å². The highest BCUT2D eigenvalue weighted by atomic mass is 19.5. The highest BCUT2D eigenvalue weighted by Gasteiger charge is 2.20. The van der Waals surface area contributed by atoms with Gasteiger partial charge in [0.05, 0.1) is 17.9 Å². The molecule has 0 bridgehead atoms. The lowest BCUT2D eigenvalue weighted by atomic mass is 10.2. The largest absolute Gasteiger partial charge is 0.673 e. The van der Waals surface area contributed by atoms with Crippen molar-refractivity contribution in [3.63, 3.8) is 0 Å². The maximum atomic E-state index is 9.75. The van der Waals surface area contributed by atoms with Gasteiger partial charge in [0.1, 0.15) is 5.69 Å². The smallest absolute Gasteiger partial charge is 0.418 e. The van der Waals surface area contributed by atoms with Crippen LogP contribution in [-0.2, 0) is 6.54 Å². The summed E-state index contributed by atoms with van der Waals surface area (Å²) in [4.78, 5) is 0. The summed E-state index contributed by atoms with van der Waals surface area (Å²) in [6.07, 6.45) is 2.00. The molecule has 1 aromatic carbocycles. The van der Waals surface area contributed by atoms with Crippen LogP contribution >= 0.6 is 0 Å². The van der Waals surface area contributed by atoms with Crippen LogP contribution in [0.4, 0.5) is 28.8 Å². The van der Waals surface area contributed by atoms with Gasteiger partial charge >= 0.3 is 13.1 Å². The van der Waals surface area contributed by atoms with Crippen molar-refractivity contribution >= 4 is 18.8 Å². The van der Waals surface area contributed by atoms with Gasteiger partial charge in [0.15, 0.2) is 0 Å². The van der Waals surface area contributed by atoms with Crippen molar-refractivity contribution in [3.05, 3.63) is 54.2 Å². The molecule has 0 unspecified atom stereocenters. The van der Waals surface area contributed by atoms with Crippen molar-refractivity contribution in [2.24, 2.45) is 10.2 Å². The van der Waals surface area contributed by atoms with Gasteiger partial charge < -0.3 is 17.3 Å². The highest BCUT2D eigenvalue weighted by Crippen LogP contribution is 2.15. The second-order valence-electron chi connectivity index (χ2n) is 4.38. The lowest BCUT2D eigenvalue weighted by molar-refractivity contribution is -0.681. The van der Waals surface area contributed by atoms with Crippen LogP contribution in [0.15, 0.2) is 58.9 Å². The molecule has 0 spiro atoms. The Hall–Kier alpha value is -2.25. The second kappa shape index (κ2) is 8.26. The molecule has 1 aromatic heterocycles. The number of pyridine rings is 1. The summed E-state index contributed by atoms with van der Waals surface area (Å²) < 4.78 is 41.1. The van der Waals surface area contributed by atoms with Gasteiger partial charge in [-0.3, -0.25) is 0 Å². The van der Waals surface area contributed by atoms with Crippen LogP contribution < -0.4 is 4.57 Å². The van der Waals surface area contributed by atoms with E-state index in [1.807, 2.05) is 48.7 Å². The number of rotatable bonds is 3. The number of halogens is 4. The second-order valence-corrected chi connectivity index (χ2v) is 4.38. The Morgan fingerprint density at radius 1 is 0.955 bits per heavy atom. The van der Waals surface area contributed by atoms with Crippen LogP contribution in [0.25, 0.3) is 0 Å². The molecule has 0 amide bonds. The number of benzene rings is 1. The Morgan fingerprint density at radius 2 is 1.55 bits per heavy atom. The Kier molecular flexibility index (Phi) is 6.68. The molecular formula is C14H16BF4N3. The lowest BCUT2D eigenvalue weighted by Gasteiger charge is -1.95. The SMILES string of the molecule is CC[n+]1ccccc1N=Nc1ccc(C)cc1.F[B-](F)(F)F. The first-order valence-corrected chi connectivity index (χ1v) is 6.64. The molecule has 0 aliphatic rings. The first kappa shape index (κ1) is 17.8. The minimum atomic E-state index is -6.00. The van der Waals surface area contributed by atoms with Crippen LogP contribution in [0.2, 0.25) is 0 Å². The van der Waals surface area contributed by atoms with E-state index in [2.05, 4.69) is 28.6 Å². The molecule has 22 heavy (non-hydrogen) atoms. The molecule has 0 fully saturated rings. The maximum Gasteiger partial charge on any atom is 0.673 e. The van der Waals surface area contributed by atoms with Crippen molar-refractivity contribution in [2.75, 3.05) is 0 Å². The number of hydrogen-bond donors (Lipinski definition) is 0. The van der Waals surface area contributed by atoms with Crippen molar-refractivity contribution in [1.82, 2.24) is 0 Å². The van der Waals surface area contributed by atoms with E-state index in [0.717, 1.165) is 18.1 Å². The molecule has 3 nitrogen and oxygen atoms in total. The lowest BCUT2D eigenvalue weighted by Crippen LogP contribution is -2.31. The Bertz CT molecular complexity index is 606. The van der Waals surface area contributed by atoms with Gasteiger partial charge in [-0.15, -0.1) is 0 Å². The van der Waals surface area contributed by atoms with Gasteiger partial charge in [-0.1, -0.05) is 23.8 Å². The van der Waals surface area contributed by atoms with Crippen LogP contribution in [0, 0.1) is 6.92 Å². The summed E-state index contributed by atoms with van der Waals surface area (Å²) in [6, 6.07) is 13.9. The van der Waals surface area contributed by atoms with Crippen molar-refractivity contribution in [1.29, 1.82) is 0 Å². The minimum Gasteiger partial charge on any atom is -0.418 e. The van der Waals surface area contributed by atoms with Gasteiger partial charge in [-0.2, -0.15) is 0 Å². The highest BCUT2D eigenvalue weighted by molar-refractivity contribution is 6.50. The van der Waals surface area contributed by atoms with E-state index in [-0.39, 0.29) is 0 Å². The molecule has 2 rings (SSSR count). The van der Waals surface area contributed by atoms with Gasteiger partial charge in [-0.05, 0) is 37.2 Å². The standard InChI is InChI=1S/C14H16N3.BF4/c1-3-17-11-5-4-6-14(17)16-15-13-9-7-12(2)8-10-13;2-1(3,4)5/h4-11H,3H2,1-2H3;/q+1;-1. The fourth-order valence-electron chi connectivity index (χ4n) is 1.55. The van der Waals surface area contributed by atoms with Crippen LogP contribution in [0.3, 0.4) is 0 Å². The van der Waals surface area contributed by atoms with Crippen LogP contribution in [0.5, 0.6) is 0 Å². The summed E-state index contributed by atoms with van der Waals surface area (Å²) in [5.74, 6) is 0.871. The Balaban J connectivity index is 0.000000422. The van der Waals surface area contributed by atoms with Gasteiger partial charge in [-0.25, -0.2) is 4.57 Å². The summed E-state index contributed by atoms with van der Waals surface area (Å²) >= 11 is 0. The summed E-state index contributed by atoms with van der Waals surface area (Å²) in [5.41, 5.74) is 2.11. The molecule has 2 aromatic rings. The normalized spacial score (nSPS) is 11.2. The number of azo groups is 1. The maximum absolute atomic E-state index is 9.75. The number of hydrogen-bond acceptors (Lipinski definition) is 2. The molecule has 0 radical (unpaired) electrons. The van der Waals surface area contributed by atoms with E-state index in [4.69, 9.17) is 0 Å². The molecule has 0 N–H and O–H groups in total. The van der Waals surface area contributed by atoms with Crippen molar-refractivity contribution in [2.45, 2.75) is 20.4 Å². The van der Waals surface area contributed by atoms with E-state index < -0.39 is 7.25 Å². The zero-order valence-electron chi connectivity index (χ0n) is 12.3. The minimum absolute atomic E-state index is 0.871. The molecule has 0 aliphatic heterocycles. The third-order valence-corrected chi connectivity index (χ3v) is 2.56. The summed E-state index contributed by atoms with van der Waals surface area (Å²) in [6.45, 7) is 5.04. The fraction of sp³-hybridized carbons (Fsp3) is 0.214. The third-order valence-electron chi connectivity index (χ3n) is 2.56. The first-order chi connectivity index (χ1) is 10.3. The molecule has 0 atom stereocenters. The van der Waals surface area contributed by atoms with Gasteiger partial charge in [0.2, 0.25) is 0 Å². The van der Waals surface area contributed by atoms with Crippen molar-refractivity contribution in [3.8, 4) is 0 Å².